The summed E-state index contributed by atoms with van der Waals surface area (Å²) in [7, 11) is 0. The van der Waals surface area contributed by atoms with E-state index in [4.69, 9.17) is 0 Å². The molecule has 78 valence electrons. The first-order valence-corrected chi connectivity index (χ1v) is 5.80. The molecular weight excluding hydrogens is 180 g/mol. The van der Waals surface area contributed by atoms with E-state index in [1.54, 1.807) is 5.57 Å². The average Bonchev–Trinajstić information content (AvgIpc) is 2.31. The molecule has 15 heavy (non-hydrogen) atoms. The fourth-order valence-corrected chi connectivity index (χ4v) is 2.13. The Kier molecular flexibility index (Phi) is 3.39. The topological polar surface area (TPSA) is 0 Å². The number of hydrogen-bond donors (Lipinski definition) is 0. The van der Waals surface area contributed by atoms with Gasteiger partial charge >= 0.3 is 0 Å². The van der Waals surface area contributed by atoms with Crippen molar-refractivity contribution < 1.29 is 0 Å². The summed E-state index contributed by atoms with van der Waals surface area (Å²) in [5.74, 6) is 0. The van der Waals surface area contributed by atoms with Crippen LogP contribution >= 0.6 is 0 Å². The molecule has 2 rings (SSSR count). The third-order valence-corrected chi connectivity index (χ3v) is 3.02. The lowest BCUT2D eigenvalue weighted by Gasteiger charge is -2.14. The van der Waals surface area contributed by atoms with E-state index in [0.29, 0.717) is 0 Å². The Labute approximate surface area is 92.3 Å². The molecule has 0 saturated heterocycles. The molecule has 1 aromatic rings. The zero-order valence-electron chi connectivity index (χ0n) is 9.21. The molecule has 0 radical (unpaired) electrons. The minimum Gasteiger partial charge on any atom is -0.0912 e. The molecular formula is C15H18. The fourth-order valence-electron chi connectivity index (χ4n) is 2.13. The molecule has 0 aromatic heterocycles. The van der Waals surface area contributed by atoms with Gasteiger partial charge in [-0.2, -0.15) is 0 Å². The first-order valence-electron chi connectivity index (χ1n) is 5.80. The number of hydrogen-bond acceptors (Lipinski definition) is 0. The Morgan fingerprint density at radius 2 is 1.67 bits per heavy atom. The zero-order valence-corrected chi connectivity index (χ0v) is 9.21. The molecule has 1 aliphatic carbocycles. The predicted octanol–water partition coefficient (Wildman–Crippen LogP) is 4.59. The summed E-state index contributed by atoms with van der Waals surface area (Å²) in [6, 6.07) is 10.4. The fraction of sp³-hybridized carbons (Fsp3) is 0.333. The van der Waals surface area contributed by atoms with Crippen LogP contribution in [0.1, 0.15) is 37.7 Å². The predicted molar refractivity (Wildman–Crippen MR) is 66.6 cm³/mol. The molecule has 1 aliphatic rings. The van der Waals surface area contributed by atoms with E-state index in [2.05, 4.69) is 36.9 Å². The van der Waals surface area contributed by atoms with Gasteiger partial charge in [-0.15, -0.1) is 0 Å². The van der Waals surface area contributed by atoms with E-state index < -0.39 is 0 Å². The second-order valence-corrected chi connectivity index (χ2v) is 4.25. The highest BCUT2D eigenvalue weighted by Gasteiger charge is 2.05. The number of rotatable bonds is 2. The molecule has 0 spiro atoms. The lowest BCUT2D eigenvalue weighted by molar-refractivity contribution is 0.599. The van der Waals surface area contributed by atoms with Gasteiger partial charge in [-0.1, -0.05) is 55.0 Å². The highest BCUT2D eigenvalue weighted by molar-refractivity contribution is 5.72. The summed E-state index contributed by atoms with van der Waals surface area (Å²) in [5, 5.41) is 0. The molecule has 0 unspecified atom stereocenters. The van der Waals surface area contributed by atoms with Crippen LogP contribution in [0.5, 0.6) is 0 Å². The molecule has 0 N–H and O–H groups in total. The summed E-state index contributed by atoms with van der Waals surface area (Å²) in [4.78, 5) is 0. The third kappa shape index (κ3) is 2.82. The van der Waals surface area contributed by atoms with E-state index in [0.717, 1.165) is 5.57 Å². The van der Waals surface area contributed by atoms with E-state index in [1.807, 2.05) is 6.07 Å². The van der Waals surface area contributed by atoms with Crippen molar-refractivity contribution in [1.29, 1.82) is 0 Å². The van der Waals surface area contributed by atoms with Gasteiger partial charge in [0, 0.05) is 0 Å². The minimum atomic E-state index is 1.16. The van der Waals surface area contributed by atoms with Gasteiger partial charge in [0.2, 0.25) is 0 Å². The van der Waals surface area contributed by atoms with Crippen molar-refractivity contribution in [2.75, 3.05) is 0 Å². The highest BCUT2D eigenvalue weighted by Crippen LogP contribution is 2.26. The minimum absolute atomic E-state index is 1.16. The first-order chi connectivity index (χ1) is 7.36. The van der Waals surface area contributed by atoms with Gasteiger partial charge in [-0.25, -0.2) is 0 Å². The number of benzene rings is 1. The molecule has 1 aromatic carbocycles. The van der Waals surface area contributed by atoms with Crippen LogP contribution in [0.15, 0.2) is 48.6 Å². The van der Waals surface area contributed by atoms with Crippen LogP contribution in [0.4, 0.5) is 0 Å². The molecule has 0 bridgehead atoms. The van der Waals surface area contributed by atoms with Crippen LogP contribution in [0, 0.1) is 0 Å². The van der Waals surface area contributed by atoms with Crippen molar-refractivity contribution in [2.24, 2.45) is 0 Å². The molecule has 0 aliphatic heterocycles. The Balaban J connectivity index is 2.08. The zero-order chi connectivity index (χ0) is 10.5. The normalized spacial score (nSPS) is 16.1. The van der Waals surface area contributed by atoms with Crippen LogP contribution in [-0.4, -0.2) is 0 Å². The third-order valence-electron chi connectivity index (χ3n) is 3.02. The molecule has 1 saturated carbocycles. The van der Waals surface area contributed by atoms with Gasteiger partial charge in [-0.3, -0.25) is 0 Å². The molecule has 0 amide bonds. The second-order valence-electron chi connectivity index (χ2n) is 4.25. The maximum Gasteiger partial charge on any atom is -0.0190 e. The number of allylic oxidation sites excluding steroid dienone is 3. The highest BCUT2D eigenvalue weighted by atomic mass is 14.1. The Morgan fingerprint density at radius 3 is 2.33 bits per heavy atom. The van der Waals surface area contributed by atoms with Crippen molar-refractivity contribution in [3.63, 3.8) is 0 Å². The van der Waals surface area contributed by atoms with Crippen LogP contribution in [0.3, 0.4) is 0 Å². The lowest BCUT2D eigenvalue weighted by atomic mass is 9.92. The van der Waals surface area contributed by atoms with Gasteiger partial charge in [-0.05, 0) is 36.8 Å². The summed E-state index contributed by atoms with van der Waals surface area (Å²) >= 11 is 0. The van der Waals surface area contributed by atoms with Crippen molar-refractivity contribution in [2.45, 2.75) is 32.1 Å². The Morgan fingerprint density at radius 1 is 1.00 bits per heavy atom. The van der Waals surface area contributed by atoms with Crippen LogP contribution in [-0.2, 0) is 0 Å². The van der Waals surface area contributed by atoms with Gasteiger partial charge in [0.25, 0.3) is 0 Å². The van der Waals surface area contributed by atoms with E-state index >= 15 is 0 Å². The van der Waals surface area contributed by atoms with Crippen molar-refractivity contribution >= 4 is 5.57 Å². The van der Waals surface area contributed by atoms with E-state index in [1.165, 1.54) is 37.7 Å². The Bertz CT molecular complexity index is 349. The first kappa shape index (κ1) is 10.2. The largest absolute Gasteiger partial charge is 0.0912 e. The summed E-state index contributed by atoms with van der Waals surface area (Å²) in [6.07, 6.45) is 8.93. The quantitative estimate of drug-likeness (QED) is 0.652. The summed E-state index contributed by atoms with van der Waals surface area (Å²) in [6.45, 7) is 4.14. The molecule has 0 atom stereocenters. The average molecular weight is 198 g/mol. The van der Waals surface area contributed by atoms with Gasteiger partial charge in [0.05, 0.1) is 0 Å². The van der Waals surface area contributed by atoms with Gasteiger partial charge < -0.3 is 0 Å². The van der Waals surface area contributed by atoms with Crippen molar-refractivity contribution in [3.05, 3.63) is 54.1 Å². The van der Waals surface area contributed by atoms with Crippen LogP contribution < -0.4 is 0 Å². The van der Waals surface area contributed by atoms with Gasteiger partial charge in [0.1, 0.15) is 0 Å². The summed E-state index contributed by atoms with van der Waals surface area (Å²) in [5.41, 5.74) is 3.98. The molecule has 0 nitrogen and oxygen atoms in total. The van der Waals surface area contributed by atoms with E-state index in [9.17, 15) is 0 Å². The second kappa shape index (κ2) is 4.97. The lowest BCUT2D eigenvalue weighted by Crippen LogP contribution is -1.93. The smallest absolute Gasteiger partial charge is 0.0190 e. The maximum atomic E-state index is 4.14. The standard InChI is InChI=1S/C15H18/c1-13(15-10-6-3-7-11-15)12-14-8-4-2-5-9-14/h3,6-7,10-12H,1-2,4-5,8-9H2. The molecule has 0 heterocycles. The Hall–Kier alpha value is -1.30. The monoisotopic (exact) mass is 198 g/mol. The van der Waals surface area contributed by atoms with Gasteiger partial charge in [0.15, 0.2) is 0 Å². The molecule has 0 heteroatoms. The maximum absolute atomic E-state index is 4.14. The van der Waals surface area contributed by atoms with Crippen molar-refractivity contribution in [3.8, 4) is 0 Å². The van der Waals surface area contributed by atoms with Crippen LogP contribution in [0.25, 0.3) is 5.57 Å². The van der Waals surface area contributed by atoms with Crippen LogP contribution in [0.2, 0.25) is 0 Å². The van der Waals surface area contributed by atoms with E-state index in [-0.39, 0.29) is 0 Å². The summed E-state index contributed by atoms with van der Waals surface area (Å²) < 4.78 is 0. The SMILES string of the molecule is C=C(C=C1CCCCC1)c1ccccc1. The molecule has 1 fully saturated rings. The van der Waals surface area contributed by atoms with Crippen molar-refractivity contribution in [1.82, 2.24) is 0 Å².